The quantitative estimate of drug-likeness (QED) is 0.672. The standard InChI is InChI=1S/C20H23N5O2S2/c1-15-6-9-20(28-15)29(26,27)23-17-5-3-4-16(14-17)18-7-8-19(22-21-18)25-12-10-24(2)11-13-25/h3-9,14,23H,10-13H2,1-2H3. The Balaban J connectivity index is 1.51. The SMILES string of the molecule is Cc1ccc(S(=O)(=O)Nc2cccc(-c3ccc(N4CCN(C)CC4)nn3)c2)s1. The number of rotatable bonds is 5. The fourth-order valence-corrected chi connectivity index (χ4v) is 5.52. The fourth-order valence-electron chi connectivity index (χ4n) is 3.19. The van der Waals surface area contributed by atoms with Gasteiger partial charge in [-0.1, -0.05) is 12.1 Å². The number of anilines is 2. The molecule has 3 aromatic rings. The molecule has 0 spiro atoms. The van der Waals surface area contributed by atoms with E-state index in [0.717, 1.165) is 42.4 Å². The maximum absolute atomic E-state index is 12.6. The maximum atomic E-state index is 12.6. The molecule has 1 saturated heterocycles. The maximum Gasteiger partial charge on any atom is 0.271 e. The number of aromatic nitrogens is 2. The lowest BCUT2D eigenvalue weighted by Gasteiger charge is -2.32. The molecule has 0 aliphatic carbocycles. The molecule has 0 radical (unpaired) electrons. The number of nitrogens with one attached hydrogen (secondary N) is 1. The summed E-state index contributed by atoms with van der Waals surface area (Å²) in [6.07, 6.45) is 0. The van der Waals surface area contributed by atoms with Gasteiger partial charge >= 0.3 is 0 Å². The van der Waals surface area contributed by atoms with Gasteiger partial charge in [0.15, 0.2) is 5.82 Å². The number of piperazine rings is 1. The fraction of sp³-hybridized carbons (Fsp3) is 0.300. The van der Waals surface area contributed by atoms with Crippen molar-refractivity contribution in [2.45, 2.75) is 11.1 Å². The van der Waals surface area contributed by atoms with Crippen LogP contribution in [0.15, 0.2) is 52.7 Å². The zero-order chi connectivity index (χ0) is 20.4. The molecule has 1 aliphatic rings. The van der Waals surface area contributed by atoms with E-state index in [4.69, 9.17) is 0 Å². The molecule has 0 saturated carbocycles. The zero-order valence-electron chi connectivity index (χ0n) is 16.4. The van der Waals surface area contributed by atoms with Gasteiger partial charge in [-0.2, -0.15) is 0 Å². The first-order chi connectivity index (χ1) is 13.9. The predicted molar refractivity (Wildman–Crippen MR) is 117 cm³/mol. The minimum Gasteiger partial charge on any atom is -0.353 e. The van der Waals surface area contributed by atoms with Gasteiger partial charge in [-0.3, -0.25) is 4.72 Å². The van der Waals surface area contributed by atoms with Gasteiger partial charge in [-0.15, -0.1) is 21.5 Å². The summed E-state index contributed by atoms with van der Waals surface area (Å²) in [6.45, 7) is 5.77. The molecule has 1 N–H and O–H groups in total. The number of nitrogens with zero attached hydrogens (tertiary/aromatic N) is 4. The van der Waals surface area contributed by atoms with Crippen LogP contribution in [0.5, 0.6) is 0 Å². The molecule has 0 bridgehead atoms. The molecular weight excluding hydrogens is 406 g/mol. The summed E-state index contributed by atoms with van der Waals surface area (Å²) in [5, 5.41) is 8.74. The molecule has 152 valence electrons. The van der Waals surface area contributed by atoms with Crippen LogP contribution in [0.25, 0.3) is 11.3 Å². The van der Waals surface area contributed by atoms with Gasteiger partial charge in [0, 0.05) is 42.3 Å². The molecule has 1 aliphatic heterocycles. The number of hydrogen-bond donors (Lipinski definition) is 1. The van der Waals surface area contributed by atoms with Crippen molar-refractivity contribution in [2.24, 2.45) is 0 Å². The average Bonchev–Trinajstić information content (AvgIpc) is 3.16. The Hall–Kier alpha value is -2.49. The van der Waals surface area contributed by atoms with Crippen molar-refractivity contribution in [3.63, 3.8) is 0 Å². The molecule has 1 aromatic carbocycles. The second kappa shape index (κ2) is 8.10. The van der Waals surface area contributed by atoms with Crippen LogP contribution in [0.4, 0.5) is 11.5 Å². The third-order valence-electron chi connectivity index (χ3n) is 4.87. The Morgan fingerprint density at radius 1 is 1.00 bits per heavy atom. The summed E-state index contributed by atoms with van der Waals surface area (Å²) in [7, 11) is -1.48. The Bertz CT molecular complexity index is 1090. The molecule has 1 fully saturated rings. The van der Waals surface area contributed by atoms with E-state index in [1.165, 1.54) is 11.3 Å². The van der Waals surface area contributed by atoms with Crippen molar-refractivity contribution in [1.29, 1.82) is 0 Å². The summed E-state index contributed by atoms with van der Waals surface area (Å²) in [6, 6.07) is 14.5. The number of thiophene rings is 1. The van der Waals surface area contributed by atoms with Crippen molar-refractivity contribution in [3.05, 3.63) is 53.4 Å². The summed E-state index contributed by atoms with van der Waals surface area (Å²) < 4.78 is 28.1. The third kappa shape index (κ3) is 4.58. The van der Waals surface area contributed by atoms with Crippen molar-refractivity contribution in [1.82, 2.24) is 15.1 Å². The van der Waals surface area contributed by atoms with Crippen molar-refractivity contribution in [2.75, 3.05) is 42.8 Å². The summed E-state index contributed by atoms with van der Waals surface area (Å²) in [5.74, 6) is 0.867. The van der Waals surface area contributed by atoms with Gasteiger partial charge in [-0.05, 0) is 50.4 Å². The minimum atomic E-state index is -3.60. The monoisotopic (exact) mass is 429 g/mol. The molecule has 3 heterocycles. The van der Waals surface area contributed by atoms with Crippen LogP contribution in [0.3, 0.4) is 0 Å². The molecule has 9 heteroatoms. The number of aryl methyl sites for hydroxylation is 1. The van der Waals surface area contributed by atoms with Crippen LogP contribution in [-0.4, -0.2) is 56.7 Å². The molecule has 0 unspecified atom stereocenters. The molecule has 2 aromatic heterocycles. The Labute approximate surface area is 175 Å². The van der Waals surface area contributed by atoms with E-state index < -0.39 is 10.0 Å². The molecule has 0 amide bonds. The van der Waals surface area contributed by atoms with Gasteiger partial charge < -0.3 is 9.80 Å². The van der Waals surface area contributed by atoms with E-state index in [1.807, 2.05) is 31.2 Å². The normalized spacial score (nSPS) is 15.4. The van der Waals surface area contributed by atoms with Crippen LogP contribution in [0.2, 0.25) is 0 Å². The lowest BCUT2D eigenvalue weighted by Crippen LogP contribution is -2.44. The van der Waals surface area contributed by atoms with Gasteiger partial charge in [0.2, 0.25) is 0 Å². The lowest BCUT2D eigenvalue weighted by atomic mass is 10.1. The number of likely N-dealkylation sites (N-methyl/N-ethyl adjacent to an activating group) is 1. The minimum absolute atomic E-state index is 0.303. The topological polar surface area (TPSA) is 78.4 Å². The van der Waals surface area contributed by atoms with Crippen molar-refractivity contribution >= 4 is 32.9 Å². The van der Waals surface area contributed by atoms with Crippen molar-refractivity contribution in [3.8, 4) is 11.3 Å². The summed E-state index contributed by atoms with van der Waals surface area (Å²) in [4.78, 5) is 5.47. The van der Waals surface area contributed by atoms with E-state index in [1.54, 1.807) is 24.3 Å². The van der Waals surface area contributed by atoms with Crippen LogP contribution in [0, 0.1) is 6.92 Å². The highest BCUT2D eigenvalue weighted by molar-refractivity contribution is 7.94. The van der Waals surface area contributed by atoms with Gasteiger partial charge in [0.1, 0.15) is 4.21 Å². The second-order valence-electron chi connectivity index (χ2n) is 7.12. The van der Waals surface area contributed by atoms with Crippen LogP contribution in [0.1, 0.15) is 4.88 Å². The molecular formula is C20H23N5O2S2. The second-order valence-corrected chi connectivity index (χ2v) is 10.3. The first kappa shape index (κ1) is 19.8. The molecule has 7 nitrogen and oxygen atoms in total. The predicted octanol–water partition coefficient (Wildman–Crippen LogP) is 3.07. The number of hydrogen-bond acceptors (Lipinski definition) is 7. The van der Waals surface area contributed by atoms with Crippen LogP contribution >= 0.6 is 11.3 Å². The molecule has 29 heavy (non-hydrogen) atoms. The smallest absolute Gasteiger partial charge is 0.271 e. The van der Waals surface area contributed by atoms with Crippen LogP contribution < -0.4 is 9.62 Å². The van der Waals surface area contributed by atoms with Crippen molar-refractivity contribution < 1.29 is 8.42 Å². The van der Waals surface area contributed by atoms with Gasteiger partial charge in [-0.25, -0.2) is 8.42 Å². The van der Waals surface area contributed by atoms with E-state index in [-0.39, 0.29) is 0 Å². The first-order valence-electron chi connectivity index (χ1n) is 9.38. The Morgan fingerprint density at radius 2 is 1.79 bits per heavy atom. The highest BCUT2D eigenvalue weighted by Crippen LogP contribution is 2.26. The number of benzene rings is 1. The summed E-state index contributed by atoms with van der Waals surface area (Å²) >= 11 is 1.25. The van der Waals surface area contributed by atoms with E-state index >= 15 is 0 Å². The van der Waals surface area contributed by atoms with E-state index in [0.29, 0.717) is 15.6 Å². The van der Waals surface area contributed by atoms with E-state index in [9.17, 15) is 8.42 Å². The van der Waals surface area contributed by atoms with E-state index in [2.05, 4.69) is 31.8 Å². The largest absolute Gasteiger partial charge is 0.353 e. The molecule has 4 rings (SSSR count). The third-order valence-corrected chi connectivity index (χ3v) is 7.74. The van der Waals surface area contributed by atoms with Crippen LogP contribution in [-0.2, 0) is 10.0 Å². The Kier molecular flexibility index (Phi) is 5.53. The Morgan fingerprint density at radius 3 is 2.45 bits per heavy atom. The zero-order valence-corrected chi connectivity index (χ0v) is 18.0. The molecule has 0 atom stereocenters. The van der Waals surface area contributed by atoms with Gasteiger partial charge in [0.05, 0.1) is 5.69 Å². The first-order valence-corrected chi connectivity index (χ1v) is 11.7. The highest BCUT2D eigenvalue weighted by Gasteiger charge is 2.18. The summed E-state index contributed by atoms with van der Waals surface area (Å²) in [5.41, 5.74) is 2.01. The lowest BCUT2D eigenvalue weighted by molar-refractivity contribution is 0.312. The highest BCUT2D eigenvalue weighted by atomic mass is 32.2. The average molecular weight is 430 g/mol. The van der Waals surface area contributed by atoms with Gasteiger partial charge in [0.25, 0.3) is 10.0 Å². The number of sulfonamides is 1.